The molecular weight excluding hydrogens is 364 g/mol. The number of rotatable bonds is 4. The third kappa shape index (κ3) is 4.05. The van der Waals surface area contributed by atoms with E-state index in [0.717, 1.165) is 18.4 Å². The summed E-state index contributed by atoms with van der Waals surface area (Å²) >= 11 is 0. The van der Waals surface area contributed by atoms with Gasteiger partial charge in [-0.15, -0.1) is 0 Å². The highest BCUT2D eigenvalue weighted by Gasteiger charge is 2.41. The highest BCUT2D eigenvalue weighted by atomic mass is 32.2. The van der Waals surface area contributed by atoms with Crippen molar-refractivity contribution in [3.05, 3.63) is 29.8 Å². The molecule has 0 unspecified atom stereocenters. The van der Waals surface area contributed by atoms with Gasteiger partial charge in [-0.3, -0.25) is 4.79 Å². The van der Waals surface area contributed by atoms with Gasteiger partial charge in [-0.2, -0.15) is 4.31 Å². The first-order valence-corrected chi connectivity index (χ1v) is 11.4. The van der Waals surface area contributed by atoms with Crippen molar-refractivity contribution in [2.75, 3.05) is 26.2 Å². The highest BCUT2D eigenvalue weighted by molar-refractivity contribution is 7.89. The molecule has 3 aliphatic rings. The first-order chi connectivity index (χ1) is 12.9. The van der Waals surface area contributed by atoms with Crippen molar-refractivity contribution in [1.29, 1.82) is 0 Å². The zero-order valence-electron chi connectivity index (χ0n) is 15.8. The average Bonchev–Trinajstić information content (AvgIpc) is 3.13. The van der Waals surface area contributed by atoms with Crippen LogP contribution in [0.3, 0.4) is 0 Å². The quantitative estimate of drug-likeness (QED) is 0.788. The zero-order valence-corrected chi connectivity index (χ0v) is 16.7. The Morgan fingerprint density at radius 1 is 1.11 bits per heavy atom. The van der Waals surface area contributed by atoms with Crippen LogP contribution in [0.4, 0.5) is 0 Å². The lowest BCUT2D eigenvalue weighted by molar-refractivity contribution is -0.155. The number of hydrogen-bond acceptors (Lipinski definition) is 4. The van der Waals surface area contributed by atoms with Gasteiger partial charge in [0.25, 0.3) is 0 Å². The summed E-state index contributed by atoms with van der Waals surface area (Å²) in [4.78, 5) is 14.9. The fourth-order valence-electron chi connectivity index (χ4n) is 4.57. The molecule has 1 aromatic carbocycles. The minimum atomic E-state index is -3.53. The van der Waals surface area contributed by atoms with Gasteiger partial charge in [-0.25, -0.2) is 8.42 Å². The van der Waals surface area contributed by atoms with Gasteiger partial charge in [0.05, 0.1) is 17.1 Å². The van der Waals surface area contributed by atoms with E-state index in [2.05, 4.69) is 0 Å². The van der Waals surface area contributed by atoms with Gasteiger partial charge in [0.1, 0.15) is 0 Å². The predicted octanol–water partition coefficient (Wildman–Crippen LogP) is 2.18. The first-order valence-electron chi connectivity index (χ1n) is 9.92. The fourth-order valence-corrected chi connectivity index (χ4v) is 6.18. The molecular formula is C20H28N2O4S. The number of aryl methyl sites for hydroxylation is 1. The normalized spacial score (nSPS) is 27.1. The Hall–Kier alpha value is -1.44. The molecule has 2 atom stereocenters. The van der Waals surface area contributed by atoms with Gasteiger partial charge in [0.2, 0.25) is 15.9 Å². The summed E-state index contributed by atoms with van der Waals surface area (Å²) in [7, 11) is -3.53. The molecule has 2 saturated heterocycles. The van der Waals surface area contributed by atoms with Gasteiger partial charge in [0, 0.05) is 32.6 Å². The lowest BCUT2D eigenvalue weighted by Crippen LogP contribution is -2.61. The SMILES string of the molecule is Cc1cccc(S(=O)(=O)N2C[C@H]3CN(C(=O)CC4CCCC4)C[C@@H](C2)O3)c1. The molecule has 0 radical (unpaired) electrons. The summed E-state index contributed by atoms with van der Waals surface area (Å²) in [6, 6.07) is 7.01. The minimum Gasteiger partial charge on any atom is -0.369 e. The zero-order chi connectivity index (χ0) is 19.0. The number of benzene rings is 1. The van der Waals surface area contributed by atoms with Crippen molar-refractivity contribution in [2.24, 2.45) is 5.92 Å². The third-order valence-electron chi connectivity index (χ3n) is 5.97. The summed E-state index contributed by atoms with van der Waals surface area (Å²) in [6.45, 7) is 3.48. The van der Waals surface area contributed by atoms with E-state index >= 15 is 0 Å². The summed E-state index contributed by atoms with van der Waals surface area (Å²) in [6.07, 6.45) is 4.92. The maximum absolute atomic E-state index is 13.0. The van der Waals surface area contributed by atoms with E-state index in [1.165, 1.54) is 17.1 Å². The first kappa shape index (κ1) is 18.9. The number of ether oxygens (including phenoxy) is 1. The summed E-state index contributed by atoms with van der Waals surface area (Å²) in [5, 5.41) is 0. The standard InChI is InChI=1S/C20H28N2O4S/c1-15-5-4-8-19(9-15)27(24,25)22-13-17-11-21(12-18(14-22)26-17)20(23)10-16-6-2-3-7-16/h4-5,8-9,16-18H,2-3,6-7,10-14H2,1H3/t17-,18+. The van der Waals surface area contributed by atoms with Crippen LogP contribution in [0.5, 0.6) is 0 Å². The van der Waals surface area contributed by atoms with Crippen LogP contribution < -0.4 is 0 Å². The van der Waals surface area contributed by atoms with E-state index in [1.807, 2.05) is 17.9 Å². The summed E-state index contributed by atoms with van der Waals surface area (Å²) in [5.41, 5.74) is 0.924. The number of hydrogen-bond donors (Lipinski definition) is 0. The van der Waals surface area contributed by atoms with Crippen molar-refractivity contribution in [2.45, 2.75) is 56.1 Å². The Labute approximate surface area is 161 Å². The lowest BCUT2D eigenvalue weighted by atomic mass is 10.0. The van der Waals surface area contributed by atoms with Gasteiger partial charge in [-0.1, -0.05) is 25.0 Å². The molecule has 6 nitrogen and oxygen atoms in total. The van der Waals surface area contributed by atoms with E-state index in [0.29, 0.717) is 43.4 Å². The maximum atomic E-state index is 13.0. The molecule has 1 amide bonds. The molecule has 2 bridgehead atoms. The number of amides is 1. The molecule has 2 aliphatic heterocycles. The van der Waals surface area contributed by atoms with Gasteiger partial charge < -0.3 is 9.64 Å². The molecule has 0 aromatic heterocycles. The van der Waals surface area contributed by atoms with Crippen LogP contribution in [0.15, 0.2) is 29.2 Å². The number of carbonyl (C=O) groups is 1. The fraction of sp³-hybridized carbons (Fsp3) is 0.650. The van der Waals surface area contributed by atoms with Crippen molar-refractivity contribution < 1.29 is 17.9 Å². The Kier molecular flexibility index (Phi) is 5.27. The monoisotopic (exact) mass is 392 g/mol. The number of sulfonamides is 1. The molecule has 0 N–H and O–H groups in total. The molecule has 148 valence electrons. The van der Waals surface area contributed by atoms with Crippen molar-refractivity contribution in [3.8, 4) is 0 Å². The van der Waals surface area contributed by atoms with Crippen LogP contribution >= 0.6 is 0 Å². The second-order valence-electron chi connectivity index (χ2n) is 8.17. The summed E-state index contributed by atoms with van der Waals surface area (Å²) in [5.74, 6) is 0.730. The van der Waals surface area contributed by atoms with Crippen LogP contribution in [0, 0.1) is 12.8 Å². The Morgan fingerprint density at radius 2 is 1.78 bits per heavy atom. The third-order valence-corrected chi connectivity index (χ3v) is 7.79. The van der Waals surface area contributed by atoms with Crippen LogP contribution in [0.2, 0.25) is 0 Å². The topological polar surface area (TPSA) is 66.9 Å². The van der Waals surface area contributed by atoms with E-state index in [1.54, 1.807) is 18.2 Å². The lowest BCUT2D eigenvalue weighted by Gasteiger charge is -2.45. The Bertz CT molecular complexity index is 790. The molecule has 1 aromatic rings. The molecule has 3 fully saturated rings. The number of carbonyl (C=O) groups excluding carboxylic acids is 1. The predicted molar refractivity (Wildman–Crippen MR) is 102 cm³/mol. The molecule has 7 heteroatoms. The number of morpholine rings is 2. The molecule has 2 heterocycles. The van der Waals surface area contributed by atoms with Crippen molar-refractivity contribution >= 4 is 15.9 Å². The highest BCUT2D eigenvalue weighted by Crippen LogP contribution is 2.30. The smallest absolute Gasteiger partial charge is 0.243 e. The molecule has 1 saturated carbocycles. The average molecular weight is 393 g/mol. The Balaban J connectivity index is 1.42. The van der Waals surface area contributed by atoms with Gasteiger partial charge in [0.15, 0.2) is 0 Å². The largest absolute Gasteiger partial charge is 0.369 e. The maximum Gasteiger partial charge on any atom is 0.243 e. The van der Waals surface area contributed by atoms with Crippen LogP contribution in [-0.2, 0) is 19.6 Å². The van der Waals surface area contributed by atoms with Crippen LogP contribution in [-0.4, -0.2) is 61.9 Å². The Morgan fingerprint density at radius 3 is 2.41 bits per heavy atom. The second-order valence-corrected chi connectivity index (χ2v) is 10.1. The molecule has 27 heavy (non-hydrogen) atoms. The van der Waals surface area contributed by atoms with Crippen LogP contribution in [0.1, 0.15) is 37.7 Å². The van der Waals surface area contributed by atoms with Crippen molar-refractivity contribution in [3.63, 3.8) is 0 Å². The second kappa shape index (κ2) is 7.53. The minimum absolute atomic E-state index is 0.204. The molecule has 4 rings (SSSR count). The van der Waals surface area contributed by atoms with E-state index in [-0.39, 0.29) is 18.1 Å². The van der Waals surface area contributed by atoms with Gasteiger partial charge in [-0.05, 0) is 43.4 Å². The van der Waals surface area contributed by atoms with Gasteiger partial charge >= 0.3 is 0 Å². The van der Waals surface area contributed by atoms with Crippen LogP contribution in [0.25, 0.3) is 0 Å². The van der Waals surface area contributed by atoms with E-state index < -0.39 is 10.0 Å². The molecule has 1 aliphatic carbocycles. The van der Waals surface area contributed by atoms with Crippen molar-refractivity contribution in [1.82, 2.24) is 9.21 Å². The summed E-state index contributed by atoms with van der Waals surface area (Å²) < 4.78 is 33.5. The van der Waals surface area contributed by atoms with E-state index in [4.69, 9.17) is 4.74 Å². The number of fused-ring (bicyclic) bond motifs is 2. The van der Waals surface area contributed by atoms with E-state index in [9.17, 15) is 13.2 Å². The number of nitrogens with zero attached hydrogens (tertiary/aromatic N) is 2. The molecule has 0 spiro atoms.